The van der Waals surface area contributed by atoms with Crippen molar-refractivity contribution in [3.63, 3.8) is 0 Å². The summed E-state index contributed by atoms with van der Waals surface area (Å²) in [6.07, 6.45) is -1.20. The third-order valence-electron chi connectivity index (χ3n) is 2.84. The highest BCUT2D eigenvalue weighted by atomic mass is 19.3. The molecule has 0 saturated carbocycles. The molecule has 0 aromatic carbocycles. The summed E-state index contributed by atoms with van der Waals surface area (Å²) in [7, 11) is 1.84. The number of halogens is 4. The minimum Gasteiger partial charge on any atom is -0.354 e. The summed E-state index contributed by atoms with van der Waals surface area (Å²) in [6, 6.07) is 3.10. The number of aromatic nitrogens is 1. The Bertz CT molecular complexity index is 431. The van der Waals surface area contributed by atoms with Crippen LogP contribution in [0.2, 0.25) is 0 Å². The molecule has 0 aliphatic carbocycles. The molecule has 1 heterocycles. The molecule has 0 aliphatic heterocycles. The molecule has 0 spiro atoms. The zero-order chi connectivity index (χ0) is 14.6. The van der Waals surface area contributed by atoms with Crippen LogP contribution in [0.3, 0.4) is 0 Å². The Labute approximate surface area is 108 Å². The van der Waals surface area contributed by atoms with Gasteiger partial charge in [0, 0.05) is 25.0 Å². The van der Waals surface area contributed by atoms with Crippen molar-refractivity contribution in [3.05, 3.63) is 24.0 Å². The zero-order valence-electron chi connectivity index (χ0n) is 10.7. The normalized spacial score (nSPS) is 13.6. The van der Waals surface area contributed by atoms with Crippen LogP contribution >= 0.6 is 0 Å². The average molecular weight is 280 g/mol. The SMILES string of the molecule is C[C@H](CCc1cccn1C)NC(=O)C(F)(F)C(F)F. The van der Waals surface area contributed by atoms with Crippen molar-refractivity contribution < 1.29 is 22.4 Å². The largest absolute Gasteiger partial charge is 0.383 e. The predicted octanol–water partition coefficient (Wildman–Crippen LogP) is 2.36. The van der Waals surface area contributed by atoms with Gasteiger partial charge in [-0.3, -0.25) is 4.79 Å². The molecule has 0 radical (unpaired) electrons. The Kier molecular flexibility index (Phi) is 4.97. The minimum absolute atomic E-state index is 0.392. The maximum absolute atomic E-state index is 12.7. The van der Waals surface area contributed by atoms with Gasteiger partial charge in [-0.05, 0) is 31.9 Å². The Morgan fingerprint density at radius 2 is 2.11 bits per heavy atom. The van der Waals surface area contributed by atoms with E-state index >= 15 is 0 Å². The van der Waals surface area contributed by atoms with Gasteiger partial charge in [-0.25, -0.2) is 8.78 Å². The first-order chi connectivity index (χ1) is 8.75. The molecule has 1 aromatic rings. The lowest BCUT2D eigenvalue weighted by atomic mass is 10.1. The molecule has 3 nitrogen and oxygen atoms in total. The van der Waals surface area contributed by atoms with Crippen LogP contribution in [0.1, 0.15) is 19.0 Å². The van der Waals surface area contributed by atoms with Gasteiger partial charge in [0.25, 0.3) is 5.91 Å². The van der Waals surface area contributed by atoms with E-state index in [2.05, 4.69) is 0 Å². The summed E-state index contributed by atoms with van der Waals surface area (Å²) < 4.78 is 51.2. The maximum atomic E-state index is 12.7. The van der Waals surface area contributed by atoms with Crippen LogP contribution in [-0.4, -0.2) is 28.9 Å². The number of carbonyl (C=O) groups excluding carboxylic acids is 1. The minimum atomic E-state index is -4.64. The first-order valence-electron chi connectivity index (χ1n) is 5.82. The van der Waals surface area contributed by atoms with E-state index in [1.165, 1.54) is 6.92 Å². The number of hydrogen-bond donors (Lipinski definition) is 1. The van der Waals surface area contributed by atoms with Crippen LogP contribution in [0.4, 0.5) is 17.6 Å². The molecule has 0 unspecified atom stereocenters. The molecular formula is C12H16F4N2O. The van der Waals surface area contributed by atoms with E-state index in [1.807, 2.05) is 35.3 Å². The smallest absolute Gasteiger partial charge is 0.354 e. The molecule has 1 aromatic heterocycles. The van der Waals surface area contributed by atoms with E-state index in [9.17, 15) is 22.4 Å². The van der Waals surface area contributed by atoms with Gasteiger partial charge >= 0.3 is 12.3 Å². The zero-order valence-corrected chi connectivity index (χ0v) is 10.7. The summed E-state index contributed by atoms with van der Waals surface area (Å²) in [5.41, 5.74) is 0.974. The van der Waals surface area contributed by atoms with E-state index in [0.29, 0.717) is 12.8 Å². The summed E-state index contributed by atoms with van der Waals surface area (Å²) >= 11 is 0. The predicted molar refractivity (Wildman–Crippen MR) is 62.3 cm³/mol. The molecule has 1 amide bonds. The second kappa shape index (κ2) is 6.08. The van der Waals surface area contributed by atoms with E-state index < -0.39 is 24.3 Å². The number of rotatable bonds is 6. The van der Waals surface area contributed by atoms with Crippen molar-refractivity contribution in [1.29, 1.82) is 0 Å². The Hall–Kier alpha value is -1.53. The monoisotopic (exact) mass is 280 g/mol. The van der Waals surface area contributed by atoms with Gasteiger partial charge in [-0.15, -0.1) is 0 Å². The highest BCUT2D eigenvalue weighted by Crippen LogP contribution is 2.23. The molecule has 1 atom stereocenters. The number of alkyl halides is 4. The van der Waals surface area contributed by atoms with Crippen molar-refractivity contribution in [2.45, 2.75) is 38.2 Å². The van der Waals surface area contributed by atoms with Crippen molar-refractivity contribution in [2.24, 2.45) is 7.05 Å². The fourth-order valence-electron chi connectivity index (χ4n) is 1.61. The molecule has 1 rings (SSSR count). The lowest BCUT2D eigenvalue weighted by Crippen LogP contribution is -2.48. The van der Waals surface area contributed by atoms with Gasteiger partial charge in [-0.1, -0.05) is 0 Å². The number of amides is 1. The second-order valence-corrected chi connectivity index (χ2v) is 4.45. The quantitative estimate of drug-likeness (QED) is 0.797. The van der Waals surface area contributed by atoms with E-state index in [1.54, 1.807) is 0 Å². The molecule has 7 heteroatoms. The van der Waals surface area contributed by atoms with Crippen LogP contribution in [0.25, 0.3) is 0 Å². The van der Waals surface area contributed by atoms with Crippen LogP contribution in [0.5, 0.6) is 0 Å². The maximum Gasteiger partial charge on any atom is 0.383 e. The van der Waals surface area contributed by atoms with Gasteiger partial charge in [-0.2, -0.15) is 8.78 Å². The topological polar surface area (TPSA) is 34.0 Å². The third kappa shape index (κ3) is 3.97. The molecule has 0 saturated heterocycles. The number of nitrogens with one attached hydrogen (secondary N) is 1. The van der Waals surface area contributed by atoms with E-state index in [0.717, 1.165) is 5.69 Å². The first kappa shape index (κ1) is 15.5. The molecule has 19 heavy (non-hydrogen) atoms. The van der Waals surface area contributed by atoms with Crippen LogP contribution in [-0.2, 0) is 18.3 Å². The van der Waals surface area contributed by atoms with Crippen molar-refractivity contribution in [3.8, 4) is 0 Å². The number of nitrogens with zero attached hydrogens (tertiary/aromatic N) is 1. The van der Waals surface area contributed by atoms with Gasteiger partial charge in [0.15, 0.2) is 0 Å². The Morgan fingerprint density at radius 3 is 2.58 bits per heavy atom. The molecule has 108 valence electrons. The highest BCUT2D eigenvalue weighted by molar-refractivity contribution is 5.84. The highest BCUT2D eigenvalue weighted by Gasteiger charge is 2.49. The fourth-order valence-corrected chi connectivity index (χ4v) is 1.61. The first-order valence-corrected chi connectivity index (χ1v) is 5.82. The number of hydrogen-bond acceptors (Lipinski definition) is 1. The molecular weight excluding hydrogens is 264 g/mol. The summed E-state index contributed by atoms with van der Waals surface area (Å²) in [5.74, 6) is -6.57. The summed E-state index contributed by atoms with van der Waals surface area (Å²) in [4.78, 5) is 11.0. The molecule has 1 N–H and O–H groups in total. The van der Waals surface area contributed by atoms with Crippen LogP contribution < -0.4 is 5.32 Å². The second-order valence-electron chi connectivity index (χ2n) is 4.45. The lowest BCUT2D eigenvalue weighted by molar-refractivity contribution is -0.170. The fraction of sp³-hybridized carbons (Fsp3) is 0.583. The van der Waals surface area contributed by atoms with Crippen molar-refractivity contribution >= 4 is 5.91 Å². The average Bonchev–Trinajstić information content (AvgIpc) is 2.71. The van der Waals surface area contributed by atoms with E-state index in [4.69, 9.17) is 0 Å². The van der Waals surface area contributed by atoms with Gasteiger partial charge in [0.05, 0.1) is 0 Å². The summed E-state index contributed by atoms with van der Waals surface area (Å²) in [5, 5.41) is 1.91. The van der Waals surface area contributed by atoms with Gasteiger partial charge < -0.3 is 9.88 Å². The van der Waals surface area contributed by atoms with Crippen LogP contribution in [0, 0.1) is 0 Å². The van der Waals surface area contributed by atoms with Crippen molar-refractivity contribution in [2.75, 3.05) is 0 Å². The van der Waals surface area contributed by atoms with Crippen molar-refractivity contribution in [1.82, 2.24) is 9.88 Å². The molecule has 0 bridgehead atoms. The van der Waals surface area contributed by atoms with E-state index in [-0.39, 0.29) is 0 Å². The third-order valence-corrected chi connectivity index (χ3v) is 2.84. The summed E-state index contributed by atoms with van der Waals surface area (Å²) in [6.45, 7) is 1.50. The van der Waals surface area contributed by atoms with Crippen LogP contribution in [0.15, 0.2) is 18.3 Å². The molecule has 0 fully saturated rings. The number of carbonyl (C=O) groups is 1. The molecule has 0 aliphatic rings. The Balaban J connectivity index is 2.46. The number of aryl methyl sites for hydroxylation is 2. The Morgan fingerprint density at radius 1 is 1.47 bits per heavy atom. The standard InChI is InChI=1S/C12H16F4N2O/c1-8(5-6-9-4-3-7-18(9)2)17-11(19)12(15,16)10(13)14/h3-4,7-8,10H,5-6H2,1-2H3,(H,17,19)/t8-/m1/s1. The van der Waals surface area contributed by atoms with Gasteiger partial charge in [0.1, 0.15) is 0 Å². The lowest BCUT2D eigenvalue weighted by Gasteiger charge is -2.19. The van der Waals surface area contributed by atoms with Gasteiger partial charge in [0.2, 0.25) is 0 Å².